The fourth-order valence-corrected chi connectivity index (χ4v) is 1.58. The highest BCUT2D eigenvalue weighted by Gasteiger charge is 2.26. The lowest BCUT2D eigenvalue weighted by Gasteiger charge is -1.92. The Hall–Kier alpha value is -0.140. The number of aliphatic hydroxyl groups excluding tert-OH is 1. The van der Waals surface area contributed by atoms with Crippen LogP contribution in [-0.4, -0.2) is 31.1 Å². The number of nitrogens with zero attached hydrogens (tertiary/aromatic N) is 1. The van der Waals surface area contributed by atoms with Gasteiger partial charge < -0.3 is 5.11 Å². The van der Waals surface area contributed by atoms with E-state index < -0.39 is 15.7 Å². The Morgan fingerprint density at radius 1 is 1.42 bits per heavy atom. The number of hydrogen-bond acceptors (Lipinski definition) is 3. The number of thiol groups is 2. The normalized spacial score (nSPS) is 9.25. The van der Waals surface area contributed by atoms with Gasteiger partial charge in [0.25, 0.3) is 0 Å². The Labute approximate surface area is 84.9 Å². The van der Waals surface area contributed by atoms with Crippen molar-refractivity contribution in [3.05, 3.63) is 0 Å². The standard InChI is InChI=1S/C5H7NO3S3/c1-2-12-5(9)6(3(7)10)4(8)11/h2H2,1H3,(H2,7,8,10,11)/p+1. The second-order valence-electron chi connectivity index (χ2n) is 1.62. The van der Waals surface area contributed by atoms with Gasteiger partial charge in [0.2, 0.25) is 0 Å². The molecule has 0 rings (SSSR count). The number of amides is 2. The fraction of sp³-hybridized carbons (Fsp3) is 0.400. The largest absolute Gasteiger partial charge is 0.458 e. The van der Waals surface area contributed by atoms with Crippen LogP contribution in [0.3, 0.4) is 0 Å². The Kier molecular flexibility index (Phi) is 5.43. The lowest BCUT2D eigenvalue weighted by molar-refractivity contribution is -0.303. The van der Waals surface area contributed by atoms with E-state index in [1.807, 2.05) is 0 Å². The number of thioether (sulfide) groups is 1. The zero-order valence-corrected chi connectivity index (χ0v) is 8.83. The number of imide groups is 1. The quantitative estimate of drug-likeness (QED) is 0.276. The van der Waals surface area contributed by atoms with E-state index in [1.54, 1.807) is 6.92 Å². The third kappa shape index (κ3) is 3.51. The van der Waals surface area contributed by atoms with Crippen molar-refractivity contribution in [1.82, 2.24) is 0 Å². The van der Waals surface area contributed by atoms with Crippen molar-refractivity contribution in [2.24, 2.45) is 0 Å². The molecule has 0 unspecified atom stereocenters. The molecule has 0 fully saturated rings. The smallest absolute Gasteiger partial charge is 0.454 e. The van der Waals surface area contributed by atoms with Gasteiger partial charge in [0.15, 0.2) is 0 Å². The van der Waals surface area contributed by atoms with E-state index in [1.165, 1.54) is 0 Å². The first kappa shape index (κ1) is 11.9. The minimum atomic E-state index is -0.853. The highest BCUT2D eigenvalue weighted by atomic mass is 32.2. The molecule has 0 atom stereocenters. The molecule has 0 aliphatic heterocycles. The summed E-state index contributed by atoms with van der Waals surface area (Å²) in [5.41, 5.74) is 0. The molecule has 0 aliphatic carbocycles. The van der Waals surface area contributed by atoms with Gasteiger partial charge in [-0.2, -0.15) is 0 Å². The third-order valence-electron chi connectivity index (χ3n) is 0.847. The first-order valence-corrected chi connectivity index (χ1v) is 4.83. The zero-order valence-electron chi connectivity index (χ0n) is 6.22. The van der Waals surface area contributed by atoms with Gasteiger partial charge in [0, 0.05) is 5.75 Å². The van der Waals surface area contributed by atoms with Gasteiger partial charge in [-0.3, -0.25) is 0 Å². The third-order valence-corrected chi connectivity index (χ3v) is 1.98. The summed E-state index contributed by atoms with van der Waals surface area (Å²) in [4.78, 5) is 21.3. The Morgan fingerprint density at radius 2 is 1.83 bits per heavy atom. The van der Waals surface area contributed by atoms with E-state index >= 15 is 0 Å². The summed E-state index contributed by atoms with van der Waals surface area (Å²) in [6.07, 6.45) is 0. The van der Waals surface area contributed by atoms with Gasteiger partial charge in [-0.25, -0.2) is 9.59 Å². The topological polar surface area (TPSA) is 57.4 Å². The van der Waals surface area contributed by atoms with Gasteiger partial charge >= 0.3 is 15.7 Å². The Morgan fingerprint density at radius 3 is 2.08 bits per heavy atom. The summed E-state index contributed by atoms with van der Waals surface area (Å²) >= 11 is 7.73. The first-order chi connectivity index (χ1) is 5.50. The molecule has 0 aromatic heterocycles. The molecule has 7 heteroatoms. The van der Waals surface area contributed by atoms with E-state index in [9.17, 15) is 9.59 Å². The summed E-state index contributed by atoms with van der Waals surface area (Å²) in [6, 6.07) is 0. The van der Waals surface area contributed by atoms with Crippen molar-refractivity contribution in [3.8, 4) is 0 Å². The molecule has 0 spiro atoms. The average Bonchev–Trinajstić information content (AvgIpc) is 1.85. The summed E-state index contributed by atoms with van der Waals surface area (Å²) < 4.78 is 0.473. The van der Waals surface area contributed by atoms with Gasteiger partial charge in [-0.05, 0) is 41.6 Å². The molecule has 2 amide bonds. The minimum absolute atomic E-state index is 0.405. The number of carbonyl (C=O) groups is 2. The Bertz CT molecular complexity index is 222. The SMILES string of the molecule is CCSC(O)=[N+](C(=O)S)C(=O)S. The van der Waals surface area contributed by atoms with Crippen molar-refractivity contribution in [3.63, 3.8) is 0 Å². The fourth-order valence-electron chi connectivity index (χ4n) is 0.439. The molecule has 4 nitrogen and oxygen atoms in total. The Balaban J connectivity index is 4.80. The van der Waals surface area contributed by atoms with Crippen molar-refractivity contribution in [2.75, 3.05) is 5.75 Å². The first-order valence-electron chi connectivity index (χ1n) is 2.95. The van der Waals surface area contributed by atoms with Crippen LogP contribution in [-0.2, 0) is 0 Å². The van der Waals surface area contributed by atoms with Crippen LogP contribution in [0.5, 0.6) is 0 Å². The molecule has 0 radical (unpaired) electrons. The predicted octanol–water partition coefficient (Wildman–Crippen LogP) is 1.77. The van der Waals surface area contributed by atoms with Crippen LogP contribution in [0.15, 0.2) is 0 Å². The maximum atomic E-state index is 10.6. The van der Waals surface area contributed by atoms with Crippen LogP contribution < -0.4 is 0 Å². The summed E-state index contributed by atoms with van der Waals surface area (Å²) in [5, 5.41) is 7.00. The number of hydrogen-bond donors (Lipinski definition) is 3. The number of rotatable bonds is 1. The van der Waals surface area contributed by atoms with Crippen LogP contribution in [0.4, 0.5) is 9.59 Å². The van der Waals surface area contributed by atoms with Gasteiger partial charge in [0.05, 0.1) is 0 Å². The molecule has 0 aromatic rings. The molecule has 0 bridgehead atoms. The van der Waals surface area contributed by atoms with Crippen LogP contribution in [0.25, 0.3) is 0 Å². The number of aliphatic hydroxyl groups is 1. The molecule has 0 saturated carbocycles. The van der Waals surface area contributed by atoms with Crippen LogP contribution >= 0.6 is 37.0 Å². The molecule has 68 valence electrons. The molecular weight excluding hydrogens is 218 g/mol. The summed E-state index contributed by atoms with van der Waals surface area (Å²) in [7, 11) is 0. The van der Waals surface area contributed by atoms with Gasteiger partial charge in [-0.15, -0.1) is 0 Å². The van der Waals surface area contributed by atoms with Crippen LogP contribution in [0, 0.1) is 0 Å². The molecular formula is C5H8NO3S3+. The molecule has 1 N–H and O–H groups in total. The number of carbonyl (C=O) groups excluding carboxylic acids is 2. The second kappa shape index (κ2) is 5.50. The van der Waals surface area contributed by atoms with Crippen molar-refractivity contribution in [2.45, 2.75) is 6.92 Å². The van der Waals surface area contributed by atoms with E-state index in [4.69, 9.17) is 5.11 Å². The van der Waals surface area contributed by atoms with Gasteiger partial charge in [0.1, 0.15) is 0 Å². The highest BCUT2D eigenvalue weighted by molar-refractivity contribution is 8.13. The van der Waals surface area contributed by atoms with Crippen molar-refractivity contribution in [1.29, 1.82) is 0 Å². The lowest BCUT2D eigenvalue weighted by atomic mass is 11.0. The second-order valence-corrected chi connectivity index (χ2v) is 3.61. The molecule has 0 aromatic carbocycles. The van der Waals surface area contributed by atoms with Crippen molar-refractivity contribution >= 4 is 52.7 Å². The summed E-state index contributed by atoms with van der Waals surface area (Å²) in [6.45, 7) is 1.77. The predicted molar refractivity (Wildman–Crippen MR) is 54.8 cm³/mol. The van der Waals surface area contributed by atoms with E-state index in [0.29, 0.717) is 10.3 Å². The molecule has 12 heavy (non-hydrogen) atoms. The van der Waals surface area contributed by atoms with Crippen LogP contribution in [0.1, 0.15) is 6.92 Å². The van der Waals surface area contributed by atoms with Crippen molar-refractivity contribution < 1.29 is 19.3 Å². The molecule has 0 heterocycles. The zero-order chi connectivity index (χ0) is 9.72. The average molecular weight is 226 g/mol. The van der Waals surface area contributed by atoms with E-state index in [0.717, 1.165) is 11.8 Å². The molecule has 0 saturated heterocycles. The van der Waals surface area contributed by atoms with E-state index in [-0.39, 0.29) is 0 Å². The lowest BCUT2D eigenvalue weighted by Crippen LogP contribution is -2.24. The maximum Gasteiger partial charge on any atom is 0.458 e. The maximum absolute atomic E-state index is 10.6. The highest BCUT2D eigenvalue weighted by Crippen LogP contribution is 2.04. The monoisotopic (exact) mass is 226 g/mol. The molecule has 0 aliphatic rings. The summed E-state index contributed by atoms with van der Waals surface area (Å²) in [5.74, 6) is 0.546. The van der Waals surface area contributed by atoms with Crippen LogP contribution in [0.2, 0.25) is 0 Å². The van der Waals surface area contributed by atoms with E-state index in [2.05, 4.69) is 25.3 Å². The van der Waals surface area contributed by atoms with Gasteiger partial charge in [-0.1, -0.05) is 6.92 Å². The minimum Gasteiger partial charge on any atom is -0.454 e.